The Morgan fingerprint density at radius 3 is 2.06 bits per heavy atom. The lowest BCUT2D eigenvalue weighted by molar-refractivity contribution is 0.0704. The van der Waals surface area contributed by atoms with Crippen molar-refractivity contribution in [2.24, 2.45) is 0 Å². The van der Waals surface area contributed by atoms with Crippen LogP contribution in [-0.2, 0) is 6.54 Å². The van der Waals surface area contributed by atoms with Gasteiger partial charge in [0.05, 0.1) is 6.20 Å². The third kappa shape index (κ3) is 3.39. The van der Waals surface area contributed by atoms with E-state index in [0.29, 0.717) is 25.5 Å². The molecule has 0 amide bonds. The number of aromatic nitrogens is 2. The van der Waals surface area contributed by atoms with Crippen LogP contribution in [0.4, 0.5) is 33.6 Å². The average molecular weight is 451 g/mol. The molecular formula is C22H18F5N3O2. The van der Waals surface area contributed by atoms with E-state index in [-0.39, 0.29) is 5.69 Å². The number of fused-ring (bicyclic) bond motifs is 1. The van der Waals surface area contributed by atoms with Crippen molar-refractivity contribution in [2.75, 3.05) is 11.4 Å². The number of nitrogens with zero attached hydrogens (tertiary/aromatic N) is 3. The van der Waals surface area contributed by atoms with Gasteiger partial charge in [-0.1, -0.05) is 17.7 Å². The third-order valence-corrected chi connectivity index (χ3v) is 5.32. The van der Waals surface area contributed by atoms with Crippen LogP contribution in [0.15, 0.2) is 18.3 Å². The maximum absolute atomic E-state index is 13.9. The molecule has 10 heteroatoms. The van der Waals surface area contributed by atoms with E-state index in [0.717, 1.165) is 28.6 Å². The molecule has 0 atom stereocenters. The summed E-state index contributed by atoms with van der Waals surface area (Å²) in [5.41, 5.74) is 3.85. The second-order valence-electron chi connectivity index (χ2n) is 7.64. The number of hydrogen-bond acceptors (Lipinski definition) is 4. The fourth-order valence-electron chi connectivity index (χ4n) is 4.08. The number of benzene rings is 2. The van der Waals surface area contributed by atoms with Crippen LogP contribution in [0.25, 0.3) is 0 Å². The maximum atomic E-state index is 13.9. The van der Waals surface area contributed by atoms with E-state index in [2.05, 4.69) is 9.72 Å². The second-order valence-corrected chi connectivity index (χ2v) is 7.64. The summed E-state index contributed by atoms with van der Waals surface area (Å²) in [6.45, 7) is 6.87. The van der Waals surface area contributed by atoms with Crippen molar-refractivity contribution in [3.05, 3.63) is 69.8 Å². The third-order valence-electron chi connectivity index (χ3n) is 5.32. The van der Waals surface area contributed by atoms with Crippen LogP contribution in [0.5, 0.6) is 5.75 Å². The van der Waals surface area contributed by atoms with Gasteiger partial charge in [0.15, 0.2) is 0 Å². The Labute approximate surface area is 180 Å². The predicted octanol–water partition coefficient (Wildman–Crippen LogP) is 5.26. The van der Waals surface area contributed by atoms with Crippen molar-refractivity contribution in [1.82, 2.24) is 9.55 Å². The second kappa shape index (κ2) is 7.92. The van der Waals surface area contributed by atoms with Crippen molar-refractivity contribution in [3.8, 4) is 5.75 Å². The Morgan fingerprint density at radius 1 is 0.906 bits per heavy atom. The number of anilines is 2. The first kappa shape index (κ1) is 21.8. The maximum Gasteiger partial charge on any atom is 0.362 e. The van der Waals surface area contributed by atoms with Crippen LogP contribution in [-0.4, -0.2) is 22.1 Å². The molecule has 0 radical (unpaired) electrons. The summed E-state index contributed by atoms with van der Waals surface area (Å²) in [7, 11) is 0. The molecule has 168 valence electrons. The zero-order chi connectivity index (χ0) is 23.3. The predicted molar refractivity (Wildman–Crippen MR) is 106 cm³/mol. The summed E-state index contributed by atoms with van der Waals surface area (Å²) < 4.78 is 74.0. The van der Waals surface area contributed by atoms with Gasteiger partial charge < -0.3 is 14.2 Å². The highest BCUT2D eigenvalue weighted by Gasteiger charge is 2.32. The fourth-order valence-corrected chi connectivity index (χ4v) is 4.08. The minimum Gasteiger partial charge on any atom is -0.415 e. The number of ether oxygens (including phenoxy) is 1. The Bertz CT molecular complexity index is 1200. The number of imidazole rings is 1. The van der Waals surface area contributed by atoms with Crippen LogP contribution >= 0.6 is 0 Å². The number of rotatable bonds is 3. The Kier molecular flexibility index (Phi) is 5.39. The molecule has 0 unspecified atom stereocenters. The number of hydrogen-bond donors (Lipinski definition) is 0. The lowest BCUT2D eigenvalue weighted by atomic mass is 10.0. The molecule has 0 saturated carbocycles. The van der Waals surface area contributed by atoms with Gasteiger partial charge in [0, 0.05) is 18.8 Å². The van der Waals surface area contributed by atoms with Crippen molar-refractivity contribution >= 4 is 17.6 Å². The Morgan fingerprint density at radius 2 is 1.47 bits per heavy atom. The first-order chi connectivity index (χ1) is 15.1. The molecule has 1 aliphatic rings. The highest BCUT2D eigenvalue weighted by atomic mass is 19.2. The van der Waals surface area contributed by atoms with Crippen molar-refractivity contribution in [1.29, 1.82) is 0 Å². The van der Waals surface area contributed by atoms with Gasteiger partial charge in [0.1, 0.15) is 5.69 Å². The number of aryl methyl sites for hydroxylation is 3. The summed E-state index contributed by atoms with van der Waals surface area (Å²) >= 11 is 0. The average Bonchev–Trinajstić information content (AvgIpc) is 3.18. The molecule has 0 saturated heterocycles. The van der Waals surface area contributed by atoms with Crippen LogP contribution in [0, 0.1) is 49.9 Å². The topological polar surface area (TPSA) is 47.4 Å². The highest BCUT2D eigenvalue weighted by molar-refractivity contribution is 5.90. The Balaban J connectivity index is 1.72. The smallest absolute Gasteiger partial charge is 0.362 e. The van der Waals surface area contributed by atoms with Gasteiger partial charge >= 0.3 is 5.97 Å². The number of esters is 1. The molecule has 1 aliphatic heterocycles. The summed E-state index contributed by atoms with van der Waals surface area (Å²) in [5.74, 6) is -13.7. The summed E-state index contributed by atoms with van der Waals surface area (Å²) in [6.07, 6.45) is 1.78. The molecule has 1 aromatic heterocycles. The van der Waals surface area contributed by atoms with E-state index in [9.17, 15) is 26.7 Å². The van der Waals surface area contributed by atoms with E-state index in [4.69, 9.17) is 0 Å². The molecule has 0 aliphatic carbocycles. The molecule has 2 heterocycles. The minimum absolute atomic E-state index is 0.170. The molecular weight excluding hydrogens is 433 g/mol. The van der Waals surface area contributed by atoms with E-state index >= 15 is 0 Å². The van der Waals surface area contributed by atoms with Crippen LogP contribution < -0.4 is 9.64 Å². The monoisotopic (exact) mass is 451 g/mol. The van der Waals surface area contributed by atoms with Gasteiger partial charge in [-0.3, -0.25) is 0 Å². The lowest BCUT2D eigenvalue weighted by Gasteiger charge is -2.32. The van der Waals surface area contributed by atoms with Crippen LogP contribution in [0.1, 0.15) is 33.6 Å². The van der Waals surface area contributed by atoms with E-state index in [1.165, 1.54) is 4.57 Å². The molecule has 2 aromatic carbocycles. The largest absolute Gasteiger partial charge is 0.415 e. The van der Waals surface area contributed by atoms with Crippen molar-refractivity contribution in [3.63, 3.8) is 0 Å². The summed E-state index contributed by atoms with van der Waals surface area (Å²) in [4.78, 5) is 18.8. The zero-order valence-corrected chi connectivity index (χ0v) is 17.4. The summed E-state index contributed by atoms with van der Waals surface area (Å²) in [5, 5.41) is 0. The number of halogens is 5. The van der Waals surface area contributed by atoms with E-state index in [1.807, 2.05) is 37.8 Å². The fraction of sp³-hybridized carbons (Fsp3) is 0.273. The first-order valence-corrected chi connectivity index (χ1v) is 9.76. The van der Waals surface area contributed by atoms with Crippen LogP contribution in [0.2, 0.25) is 0 Å². The minimum atomic E-state index is -2.33. The molecule has 5 nitrogen and oxygen atoms in total. The molecule has 32 heavy (non-hydrogen) atoms. The van der Waals surface area contributed by atoms with E-state index < -0.39 is 40.8 Å². The van der Waals surface area contributed by atoms with Gasteiger partial charge in [0.25, 0.3) is 0 Å². The first-order valence-electron chi connectivity index (χ1n) is 9.76. The van der Waals surface area contributed by atoms with Gasteiger partial charge in [-0.25, -0.2) is 22.9 Å². The zero-order valence-electron chi connectivity index (χ0n) is 17.4. The SMILES string of the molecule is Cc1cc(C)c(N2CCCn3c(C(=O)Oc4c(F)c(F)c(F)c(F)c4F)cnc32)c(C)c1. The van der Waals surface area contributed by atoms with Crippen LogP contribution in [0.3, 0.4) is 0 Å². The lowest BCUT2D eigenvalue weighted by Crippen LogP contribution is -2.31. The molecule has 0 N–H and O–H groups in total. The van der Waals surface area contributed by atoms with Crippen molar-refractivity contribution in [2.45, 2.75) is 33.7 Å². The summed E-state index contributed by atoms with van der Waals surface area (Å²) in [6, 6.07) is 4.03. The van der Waals surface area contributed by atoms with E-state index in [1.54, 1.807) is 0 Å². The molecule has 0 spiro atoms. The standard InChI is InChI=1S/C22H18F5N3O2/c1-10-7-11(2)19(12(3)8-10)30-6-4-5-29-13(9-28-22(29)30)21(31)32-20-17(26)15(24)14(23)16(25)18(20)27/h7-9H,4-6H2,1-3H3. The molecule has 0 fully saturated rings. The Hall–Kier alpha value is -3.43. The van der Waals surface area contributed by atoms with Gasteiger partial charge in [-0.05, 0) is 38.3 Å². The number of carbonyl (C=O) groups excluding carboxylic acids is 1. The quantitative estimate of drug-likeness (QED) is 0.179. The molecule has 4 rings (SSSR count). The van der Waals surface area contributed by atoms with Crippen molar-refractivity contribution < 1.29 is 31.5 Å². The highest BCUT2D eigenvalue weighted by Crippen LogP contribution is 2.35. The van der Waals surface area contributed by atoms with Gasteiger partial charge in [0.2, 0.25) is 40.8 Å². The number of carbonyl (C=O) groups is 1. The van der Waals surface area contributed by atoms with Gasteiger partial charge in [-0.15, -0.1) is 0 Å². The molecule has 0 bridgehead atoms. The normalized spacial score (nSPS) is 13.3. The molecule has 3 aromatic rings. The van der Waals surface area contributed by atoms with Gasteiger partial charge in [-0.2, -0.15) is 8.78 Å².